The number of methoxy groups -OCH3 is 1. The molecule has 0 bridgehead atoms. The SMILES string of the molecule is COc1ccc(NCCC(C)C(=O)O)cc1. The quantitative estimate of drug-likeness (QED) is 0.776. The fourth-order valence-corrected chi connectivity index (χ4v) is 1.27. The summed E-state index contributed by atoms with van der Waals surface area (Å²) in [5, 5.41) is 11.9. The first-order valence-electron chi connectivity index (χ1n) is 5.24. The van der Waals surface area contributed by atoms with E-state index in [1.165, 1.54) is 0 Å². The second kappa shape index (κ2) is 6.00. The van der Waals surface area contributed by atoms with Gasteiger partial charge in [0.05, 0.1) is 13.0 Å². The van der Waals surface area contributed by atoms with Crippen LogP contribution in [0.25, 0.3) is 0 Å². The smallest absolute Gasteiger partial charge is 0.306 e. The second-order valence-electron chi connectivity index (χ2n) is 3.68. The largest absolute Gasteiger partial charge is 0.497 e. The molecule has 1 aromatic carbocycles. The Morgan fingerprint density at radius 2 is 2.06 bits per heavy atom. The Kier molecular flexibility index (Phi) is 4.64. The molecule has 0 spiro atoms. The molecule has 0 saturated carbocycles. The van der Waals surface area contributed by atoms with Crippen LogP contribution in [0.3, 0.4) is 0 Å². The summed E-state index contributed by atoms with van der Waals surface area (Å²) in [6.07, 6.45) is 0.612. The molecule has 4 nitrogen and oxygen atoms in total. The first kappa shape index (κ1) is 12.4. The van der Waals surface area contributed by atoms with Crippen molar-refractivity contribution in [2.75, 3.05) is 19.0 Å². The molecule has 0 amide bonds. The van der Waals surface area contributed by atoms with Gasteiger partial charge < -0.3 is 15.2 Å². The minimum Gasteiger partial charge on any atom is -0.497 e. The number of carbonyl (C=O) groups is 1. The molecule has 1 rings (SSSR count). The molecule has 88 valence electrons. The number of carboxylic acid groups (broad SMARTS) is 1. The van der Waals surface area contributed by atoms with Crippen LogP contribution in [0.15, 0.2) is 24.3 Å². The lowest BCUT2D eigenvalue weighted by Crippen LogP contribution is -2.14. The van der Waals surface area contributed by atoms with Crippen LogP contribution >= 0.6 is 0 Å². The van der Waals surface area contributed by atoms with Crippen molar-refractivity contribution in [3.63, 3.8) is 0 Å². The summed E-state index contributed by atoms with van der Waals surface area (Å²) in [4.78, 5) is 10.6. The van der Waals surface area contributed by atoms with Gasteiger partial charge in [0.1, 0.15) is 5.75 Å². The normalized spacial score (nSPS) is 11.9. The zero-order valence-corrected chi connectivity index (χ0v) is 9.56. The number of nitrogens with one attached hydrogen (secondary N) is 1. The molecule has 16 heavy (non-hydrogen) atoms. The third-order valence-corrected chi connectivity index (χ3v) is 2.42. The fourth-order valence-electron chi connectivity index (χ4n) is 1.27. The summed E-state index contributed by atoms with van der Waals surface area (Å²) >= 11 is 0. The average Bonchev–Trinajstić information content (AvgIpc) is 2.29. The summed E-state index contributed by atoms with van der Waals surface area (Å²) in [6, 6.07) is 7.54. The number of carboxylic acids is 1. The zero-order valence-electron chi connectivity index (χ0n) is 9.56. The highest BCUT2D eigenvalue weighted by atomic mass is 16.5. The molecule has 0 aromatic heterocycles. The Morgan fingerprint density at radius 3 is 2.56 bits per heavy atom. The van der Waals surface area contributed by atoms with Gasteiger partial charge in [0.25, 0.3) is 0 Å². The highest BCUT2D eigenvalue weighted by molar-refractivity contribution is 5.69. The molecule has 0 heterocycles. The molecule has 1 unspecified atom stereocenters. The van der Waals surface area contributed by atoms with Crippen LogP contribution in [-0.2, 0) is 4.79 Å². The highest BCUT2D eigenvalue weighted by Gasteiger charge is 2.09. The minimum absolute atomic E-state index is 0.314. The molecule has 0 aliphatic heterocycles. The molecule has 0 saturated heterocycles. The van der Waals surface area contributed by atoms with Crippen LogP contribution in [0, 0.1) is 5.92 Å². The van der Waals surface area contributed by atoms with E-state index in [1.807, 2.05) is 24.3 Å². The molecule has 4 heteroatoms. The lowest BCUT2D eigenvalue weighted by atomic mass is 10.1. The van der Waals surface area contributed by atoms with Gasteiger partial charge in [-0.3, -0.25) is 4.79 Å². The van der Waals surface area contributed by atoms with E-state index in [1.54, 1.807) is 14.0 Å². The summed E-state index contributed by atoms with van der Waals surface area (Å²) in [5.41, 5.74) is 0.971. The predicted octanol–water partition coefficient (Wildman–Crippen LogP) is 2.22. The van der Waals surface area contributed by atoms with Gasteiger partial charge in [-0.05, 0) is 30.7 Å². The van der Waals surface area contributed by atoms with Crippen LogP contribution in [0.2, 0.25) is 0 Å². The van der Waals surface area contributed by atoms with Gasteiger partial charge in [0, 0.05) is 12.2 Å². The molecule has 2 N–H and O–H groups in total. The number of rotatable bonds is 6. The number of anilines is 1. The van der Waals surface area contributed by atoms with E-state index in [0.29, 0.717) is 13.0 Å². The number of aliphatic carboxylic acids is 1. The standard InChI is InChI=1S/C12H17NO3/c1-9(12(14)15)7-8-13-10-3-5-11(16-2)6-4-10/h3-6,9,13H,7-8H2,1-2H3,(H,14,15). The topological polar surface area (TPSA) is 58.6 Å². The van der Waals surface area contributed by atoms with Crippen molar-refractivity contribution in [3.05, 3.63) is 24.3 Å². The van der Waals surface area contributed by atoms with Crippen LogP contribution < -0.4 is 10.1 Å². The van der Waals surface area contributed by atoms with Crippen molar-refractivity contribution in [2.45, 2.75) is 13.3 Å². The molecule has 1 aromatic rings. The Bertz CT molecular complexity index is 335. The van der Waals surface area contributed by atoms with E-state index >= 15 is 0 Å². The molecule has 1 atom stereocenters. The fraction of sp³-hybridized carbons (Fsp3) is 0.417. The third-order valence-electron chi connectivity index (χ3n) is 2.42. The van der Waals surface area contributed by atoms with E-state index < -0.39 is 5.97 Å². The lowest BCUT2D eigenvalue weighted by Gasteiger charge is -2.09. The first-order valence-corrected chi connectivity index (χ1v) is 5.24. The van der Waals surface area contributed by atoms with Crippen molar-refractivity contribution in [1.82, 2.24) is 0 Å². The second-order valence-corrected chi connectivity index (χ2v) is 3.68. The highest BCUT2D eigenvalue weighted by Crippen LogP contribution is 2.15. The van der Waals surface area contributed by atoms with Crippen LogP contribution in [-0.4, -0.2) is 24.7 Å². The monoisotopic (exact) mass is 223 g/mol. The number of hydrogen-bond donors (Lipinski definition) is 2. The third kappa shape index (κ3) is 3.81. The molecule has 0 aliphatic rings. The van der Waals surface area contributed by atoms with E-state index in [2.05, 4.69) is 5.32 Å². The number of ether oxygens (including phenoxy) is 1. The van der Waals surface area contributed by atoms with Gasteiger partial charge in [-0.25, -0.2) is 0 Å². The maximum atomic E-state index is 10.6. The van der Waals surface area contributed by atoms with Crippen molar-refractivity contribution in [2.24, 2.45) is 5.92 Å². The maximum Gasteiger partial charge on any atom is 0.306 e. The molecule has 0 aliphatic carbocycles. The summed E-state index contributed by atoms with van der Waals surface area (Å²) in [5.74, 6) is -0.258. The zero-order chi connectivity index (χ0) is 12.0. The van der Waals surface area contributed by atoms with Crippen molar-refractivity contribution in [1.29, 1.82) is 0 Å². The number of benzene rings is 1. The molecule has 0 fully saturated rings. The minimum atomic E-state index is -0.753. The Morgan fingerprint density at radius 1 is 1.44 bits per heavy atom. The van der Waals surface area contributed by atoms with Gasteiger partial charge in [0.2, 0.25) is 0 Å². The van der Waals surface area contributed by atoms with Gasteiger partial charge in [-0.1, -0.05) is 6.92 Å². The van der Waals surface area contributed by atoms with E-state index in [0.717, 1.165) is 11.4 Å². The Labute approximate surface area is 95.2 Å². The van der Waals surface area contributed by atoms with Crippen molar-refractivity contribution < 1.29 is 14.6 Å². The van der Waals surface area contributed by atoms with Gasteiger partial charge in [-0.2, -0.15) is 0 Å². The summed E-state index contributed by atoms with van der Waals surface area (Å²) in [6.45, 7) is 2.36. The van der Waals surface area contributed by atoms with E-state index in [-0.39, 0.29) is 5.92 Å². The average molecular weight is 223 g/mol. The lowest BCUT2D eigenvalue weighted by molar-refractivity contribution is -0.141. The Hall–Kier alpha value is -1.71. The van der Waals surface area contributed by atoms with E-state index in [4.69, 9.17) is 9.84 Å². The van der Waals surface area contributed by atoms with Crippen molar-refractivity contribution >= 4 is 11.7 Å². The van der Waals surface area contributed by atoms with Crippen LogP contribution in [0.4, 0.5) is 5.69 Å². The van der Waals surface area contributed by atoms with E-state index in [9.17, 15) is 4.79 Å². The van der Waals surface area contributed by atoms with Crippen LogP contribution in [0.1, 0.15) is 13.3 Å². The Balaban J connectivity index is 2.34. The summed E-state index contributed by atoms with van der Waals surface area (Å²) < 4.78 is 5.04. The summed E-state index contributed by atoms with van der Waals surface area (Å²) in [7, 11) is 1.62. The molecular weight excluding hydrogens is 206 g/mol. The first-order chi connectivity index (χ1) is 7.63. The number of hydrogen-bond acceptors (Lipinski definition) is 3. The molecule has 0 radical (unpaired) electrons. The maximum absolute atomic E-state index is 10.6. The van der Waals surface area contributed by atoms with Gasteiger partial charge in [-0.15, -0.1) is 0 Å². The van der Waals surface area contributed by atoms with Gasteiger partial charge in [0.15, 0.2) is 0 Å². The van der Waals surface area contributed by atoms with Crippen LogP contribution in [0.5, 0.6) is 5.75 Å². The predicted molar refractivity (Wildman–Crippen MR) is 62.9 cm³/mol. The van der Waals surface area contributed by atoms with Crippen molar-refractivity contribution in [3.8, 4) is 5.75 Å². The molecular formula is C12H17NO3. The van der Waals surface area contributed by atoms with Gasteiger partial charge >= 0.3 is 5.97 Å².